The third-order valence-electron chi connectivity index (χ3n) is 4.71. The van der Waals surface area contributed by atoms with E-state index in [0.717, 1.165) is 23.6 Å². The van der Waals surface area contributed by atoms with Crippen molar-refractivity contribution in [3.05, 3.63) is 42.5 Å². The molecule has 0 aliphatic rings. The molecule has 2 rings (SSSR count). The molecule has 26 heavy (non-hydrogen) atoms. The maximum Gasteiger partial charge on any atom is 1.00 e. The zero-order chi connectivity index (χ0) is 17.7. The first kappa shape index (κ1) is 23.8. The van der Waals surface area contributed by atoms with Gasteiger partial charge in [0.05, 0.1) is 0 Å². The van der Waals surface area contributed by atoms with Gasteiger partial charge >= 0.3 is 57.4 Å². The van der Waals surface area contributed by atoms with Gasteiger partial charge in [0.2, 0.25) is 0 Å². The minimum absolute atomic E-state index is 0. The number of benzene rings is 2. The molecule has 0 N–H and O–H groups in total. The molecule has 0 amide bonds. The van der Waals surface area contributed by atoms with Crippen LogP contribution in [0.3, 0.4) is 0 Å². The minimum Gasteiger partial charge on any atom is -1.00 e. The van der Waals surface area contributed by atoms with Gasteiger partial charge in [0.25, 0.3) is 0 Å². The second-order valence-electron chi connectivity index (χ2n) is 6.88. The van der Waals surface area contributed by atoms with Crippen molar-refractivity contribution in [2.75, 3.05) is 0 Å². The Morgan fingerprint density at radius 2 is 1.38 bits per heavy atom. The first-order valence-corrected chi connectivity index (χ1v) is 9.99. The average Bonchev–Trinajstić information content (AvgIpc) is 2.63. The van der Waals surface area contributed by atoms with Crippen molar-refractivity contribution in [3.8, 4) is 5.75 Å². The molecule has 2 nitrogen and oxygen atoms in total. The van der Waals surface area contributed by atoms with Crippen LogP contribution in [-0.4, -0.2) is 5.97 Å². The molecule has 0 saturated heterocycles. The molecule has 0 unspecified atom stereocenters. The fourth-order valence-electron chi connectivity index (χ4n) is 3.22. The Bertz CT molecular complexity index is 640. The Balaban J connectivity index is 0.00000338. The normalized spacial score (nSPS) is 10.5. The Labute approximate surface area is 203 Å². The molecular formula is C23H33KO2. The van der Waals surface area contributed by atoms with Crippen LogP contribution in [-0.2, 0) is 4.79 Å². The molecule has 0 spiro atoms. The maximum absolute atomic E-state index is 12.1. The van der Waals surface area contributed by atoms with Gasteiger partial charge in [-0.25, -0.2) is 0 Å². The first-order valence-electron chi connectivity index (χ1n) is 9.99. The van der Waals surface area contributed by atoms with Crippen LogP contribution in [0.4, 0.5) is 0 Å². The summed E-state index contributed by atoms with van der Waals surface area (Å²) < 4.78 is 5.57. The van der Waals surface area contributed by atoms with E-state index >= 15 is 0 Å². The predicted octanol–water partition coefficient (Wildman–Crippen LogP) is 4.17. The summed E-state index contributed by atoms with van der Waals surface area (Å²) >= 11 is 0. The van der Waals surface area contributed by atoms with Crippen molar-refractivity contribution in [3.63, 3.8) is 0 Å². The van der Waals surface area contributed by atoms with Gasteiger partial charge in [-0.3, -0.25) is 4.79 Å². The smallest absolute Gasteiger partial charge is 1.00 e. The third-order valence-corrected chi connectivity index (χ3v) is 4.71. The van der Waals surface area contributed by atoms with Gasteiger partial charge < -0.3 is 6.16 Å². The Morgan fingerprint density at radius 1 is 0.808 bits per heavy atom. The quantitative estimate of drug-likeness (QED) is 0.239. The third kappa shape index (κ3) is 9.14. The van der Waals surface area contributed by atoms with E-state index < -0.39 is 0 Å². The molecule has 0 aliphatic heterocycles. The van der Waals surface area contributed by atoms with Crippen molar-refractivity contribution < 1.29 is 62.3 Å². The number of hydrogen-bond donors (Lipinski definition) is 0. The zero-order valence-corrected chi connectivity index (χ0v) is 19.8. The van der Waals surface area contributed by atoms with Crippen LogP contribution in [0.5, 0.6) is 5.75 Å². The predicted molar refractivity (Wildman–Crippen MR) is 107 cm³/mol. The van der Waals surface area contributed by atoms with E-state index in [1.165, 1.54) is 51.4 Å². The Morgan fingerprint density at radius 3 is 2.08 bits per heavy atom. The summed E-state index contributed by atoms with van der Waals surface area (Å²) in [5.74, 6) is 0.561. The van der Waals surface area contributed by atoms with E-state index in [2.05, 4.69) is 6.92 Å². The van der Waals surface area contributed by atoms with Gasteiger partial charge in [-0.05, 0) is 17.9 Å². The number of esters is 1. The molecule has 0 atom stereocenters. The van der Waals surface area contributed by atoms with Gasteiger partial charge in [0.15, 0.2) is 0 Å². The van der Waals surface area contributed by atoms with Crippen LogP contribution in [0, 0.1) is 0 Å². The largest absolute Gasteiger partial charge is 1.00 e. The molecule has 2 aromatic rings. The summed E-state index contributed by atoms with van der Waals surface area (Å²) in [5.41, 5.74) is 0. The van der Waals surface area contributed by atoms with Gasteiger partial charge in [-0.2, -0.15) is 0 Å². The summed E-state index contributed by atoms with van der Waals surface area (Å²) in [4.78, 5) is 12.1. The van der Waals surface area contributed by atoms with E-state index in [1.54, 1.807) is 0 Å². The van der Waals surface area contributed by atoms with Crippen LogP contribution in [0.25, 0.3) is 10.8 Å². The standard InChI is InChI=1S/C23H32O2.K.H/c1-2-3-4-5-6-7-8-9-10-11-19-23(24)25-22-18-14-16-20-15-12-13-17-21(20)22;;/h12-18H,2-11,19H2,1H3;;/q;+1;-1. The second-order valence-corrected chi connectivity index (χ2v) is 6.88. The van der Waals surface area contributed by atoms with Gasteiger partial charge in [-0.1, -0.05) is 101 Å². The van der Waals surface area contributed by atoms with Gasteiger partial charge in [-0.15, -0.1) is 0 Å². The summed E-state index contributed by atoms with van der Waals surface area (Å²) in [6.45, 7) is 2.26. The topological polar surface area (TPSA) is 26.3 Å². The minimum atomic E-state index is -0.115. The van der Waals surface area contributed by atoms with E-state index in [1.807, 2.05) is 42.5 Å². The summed E-state index contributed by atoms with van der Waals surface area (Å²) in [6, 6.07) is 13.9. The summed E-state index contributed by atoms with van der Waals surface area (Å²) in [6.07, 6.45) is 13.3. The van der Waals surface area contributed by atoms with Crippen LogP contribution in [0.2, 0.25) is 0 Å². The summed E-state index contributed by atoms with van der Waals surface area (Å²) in [5, 5.41) is 2.10. The van der Waals surface area contributed by atoms with Crippen LogP contribution in [0.15, 0.2) is 42.5 Å². The Hall–Kier alpha value is -0.194. The molecule has 3 heteroatoms. The van der Waals surface area contributed by atoms with Gasteiger partial charge in [0, 0.05) is 11.8 Å². The SMILES string of the molecule is CCCCCCCCCCCCC(=O)Oc1cccc2ccccc12.[H-].[K+]. The molecule has 0 fully saturated rings. The average molecular weight is 381 g/mol. The molecule has 0 aliphatic carbocycles. The molecule has 0 heterocycles. The number of rotatable bonds is 12. The van der Waals surface area contributed by atoms with E-state index in [-0.39, 0.29) is 58.8 Å². The number of carbonyl (C=O) groups is 1. The fourth-order valence-corrected chi connectivity index (χ4v) is 3.22. The fraction of sp³-hybridized carbons (Fsp3) is 0.522. The van der Waals surface area contributed by atoms with Crippen LogP contribution >= 0.6 is 0 Å². The molecular weight excluding hydrogens is 347 g/mol. The van der Waals surface area contributed by atoms with Crippen LogP contribution in [0.1, 0.15) is 79.0 Å². The summed E-state index contributed by atoms with van der Waals surface area (Å²) in [7, 11) is 0. The molecule has 0 bridgehead atoms. The van der Waals surface area contributed by atoms with Crippen LogP contribution < -0.4 is 56.1 Å². The number of carbonyl (C=O) groups excluding carboxylic acids is 1. The first-order chi connectivity index (χ1) is 12.3. The molecule has 0 radical (unpaired) electrons. The molecule has 0 aromatic heterocycles. The Kier molecular flexibility index (Phi) is 13.6. The monoisotopic (exact) mass is 380 g/mol. The van der Waals surface area contributed by atoms with E-state index in [4.69, 9.17) is 4.74 Å². The number of ether oxygens (including phenoxy) is 1. The van der Waals surface area contributed by atoms with E-state index in [0.29, 0.717) is 12.2 Å². The van der Waals surface area contributed by atoms with Gasteiger partial charge in [0.1, 0.15) is 5.75 Å². The zero-order valence-electron chi connectivity index (χ0n) is 17.6. The number of hydrogen-bond acceptors (Lipinski definition) is 2. The van der Waals surface area contributed by atoms with Crippen molar-refractivity contribution in [1.82, 2.24) is 0 Å². The van der Waals surface area contributed by atoms with Crippen molar-refractivity contribution >= 4 is 16.7 Å². The van der Waals surface area contributed by atoms with Crippen molar-refractivity contribution in [2.24, 2.45) is 0 Å². The molecule has 2 aromatic carbocycles. The van der Waals surface area contributed by atoms with E-state index in [9.17, 15) is 4.79 Å². The number of unbranched alkanes of at least 4 members (excludes halogenated alkanes) is 9. The number of fused-ring (bicyclic) bond motifs is 1. The second kappa shape index (κ2) is 14.8. The maximum atomic E-state index is 12.1. The van der Waals surface area contributed by atoms with Crippen molar-refractivity contribution in [1.29, 1.82) is 0 Å². The van der Waals surface area contributed by atoms with Crippen molar-refractivity contribution in [2.45, 2.75) is 77.6 Å². The molecule has 138 valence electrons. The molecule has 0 saturated carbocycles.